The molecule has 0 bridgehead atoms. The summed E-state index contributed by atoms with van der Waals surface area (Å²) in [6.45, 7) is 3.88. The van der Waals surface area contributed by atoms with E-state index in [2.05, 4.69) is 31.9 Å². The predicted octanol–water partition coefficient (Wildman–Crippen LogP) is 3.99. The highest BCUT2D eigenvalue weighted by Crippen LogP contribution is 2.31. The van der Waals surface area contributed by atoms with E-state index in [4.69, 9.17) is 4.74 Å². The van der Waals surface area contributed by atoms with E-state index >= 15 is 0 Å². The first-order valence-corrected chi connectivity index (χ1v) is 12.1. The lowest BCUT2D eigenvalue weighted by Crippen LogP contribution is -2.45. The summed E-state index contributed by atoms with van der Waals surface area (Å²) in [7, 11) is 2.12. The number of alkyl halides is 3. The number of hydrogen-bond acceptors (Lipinski definition) is 7. The molecule has 1 saturated heterocycles. The number of likely N-dealkylation sites (N-methyl/N-ethyl adjacent to an activating group) is 1. The number of nitrogens with one attached hydrogen (secondary N) is 1. The molecule has 0 aromatic heterocycles. The van der Waals surface area contributed by atoms with E-state index in [-0.39, 0.29) is 24.2 Å². The van der Waals surface area contributed by atoms with Crippen LogP contribution in [0.3, 0.4) is 0 Å². The number of piperazine rings is 1. The molecule has 3 aliphatic heterocycles. The molecule has 11 heteroatoms. The standard InChI is InChI=1S/C26H28F3N5O3/c1-32-12-14-33(15-13-32)21-9-7-20(8-10-21)30-25-31-24-19(17-36-25)6-11-23(35)34(24)16-18-4-2-3-5-22(18)37-26(27,28)29/h4-11,17,24H,2-3,12-16H2,1H3,(H,30,31). The van der Waals surface area contributed by atoms with Crippen molar-refractivity contribution in [1.82, 2.24) is 9.80 Å². The van der Waals surface area contributed by atoms with Crippen LogP contribution in [0.1, 0.15) is 12.8 Å². The number of rotatable bonds is 5. The Bertz CT molecular complexity index is 1180. The zero-order valence-electron chi connectivity index (χ0n) is 20.4. The maximum Gasteiger partial charge on any atom is 0.573 e. The first-order chi connectivity index (χ1) is 17.7. The fraction of sp³-hybridized carbons (Fsp3) is 0.385. The van der Waals surface area contributed by atoms with Crippen molar-refractivity contribution in [2.75, 3.05) is 50.0 Å². The van der Waals surface area contributed by atoms with E-state index in [9.17, 15) is 18.0 Å². The second-order valence-corrected chi connectivity index (χ2v) is 9.23. The summed E-state index contributed by atoms with van der Waals surface area (Å²) in [6, 6.07) is 8.11. The van der Waals surface area contributed by atoms with Gasteiger partial charge in [0.2, 0.25) is 5.91 Å². The van der Waals surface area contributed by atoms with Crippen LogP contribution in [-0.2, 0) is 14.3 Å². The lowest BCUT2D eigenvalue weighted by molar-refractivity contribution is -0.304. The minimum Gasteiger partial charge on any atom is -0.433 e. The molecule has 1 aromatic rings. The fourth-order valence-corrected chi connectivity index (χ4v) is 4.59. The first kappa shape index (κ1) is 24.9. The largest absolute Gasteiger partial charge is 0.573 e. The van der Waals surface area contributed by atoms with Gasteiger partial charge in [-0.05, 0) is 56.3 Å². The van der Waals surface area contributed by atoms with Gasteiger partial charge in [-0.2, -0.15) is 0 Å². The van der Waals surface area contributed by atoms with Crippen molar-refractivity contribution in [3.63, 3.8) is 0 Å². The number of amidine groups is 1. The van der Waals surface area contributed by atoms with E-state index in [0.29, 0.717) is 24.0 Å². The van der Waals surface area contributed by atoms with Gasteiger partial charge in [0.05, 0.1) is 6.54 Å². The number of halogens is 3. The SMILES string of the molecule is CN1CCN(c2ccc(NC3=NC4C(=CO3)C=CC(=O)N4CC3=CCCC=C3OC(F)(F)F)cc2)CC1. The fourth-order valence-electron chi connectivity index (χ4n) is 4.59. The number of allylic oxidation sites excluding steroid dienone is 2. The number of carbonyl (C=O) groups is 1. The number of benzene rings is 1. The van der Waals surface area contributed by atoms with Gasteiger partial charge in [0.15, 0.2) is 6.17 Å². The molecule has 37 heavy (non-hydrogen) atoms. The van der Waals surface area contributed by atoms with Gasteiger partial charge in [-0.1, -0.05) is 6.08 Å². The quantitative estimate of drug-likeness (QED) is 0.640. The number of fused-ring (bicyclic) bond motifs is 1. The highest BCUT2D eigenvalue weighted by atomic mass is 19.4. The minimum atomic E-state index is -4.81. The summed E-state index contributed by atoms with van der Waals surface area (Å²) in [5.74, 6) is -0.636. The molecular weight excluding hydrogens is 487 g/mol. The number of nitrogens with zero attached hydrogens (tertiary/aromatic N) is 4. The number of anilines is 2. The van der Waals surface area contributed by atoms with Crippen molar-refractivity contribution in [2.45, 2.75) is 25.4 Å². The molecule has 3 heterocycles. The third-order valence-electron chi connectivity index (χ3n) is 6.60. The average molecular weight is 516 g/mol. The van der Waals surface area contributed by atoms with Gasteiger partial charge >= 0.3 is 6.36 Å². The number of amides is 1. The Labute approximate surface area is 213 Å². The van der Waals surface area contributed by atoms with Crippen LogP contribution in [0.15, 0.2) is 76.7 Å². The van der Waals surface area contributed by atoms with Gasteiger partial charge in [0.1, 0.15) is 12.0 Å². The third kappa shape index (κ3) is 5.99. The van der Waals surface area contributed by atoms with Crippen LogP contribution in [0, 0.1) is 0 Å². The van der Waals surface area contributed by atoms with Crippen molar-refractivity contribution in [1.29, 1.82) is 0 Å². The maximum atomic E-state index is 12.9. The van der Waals surface area contributed by atoms with Crippen LogP contribution < -0.4 is 10.2 Å². The van der Waals surface area contributed by atoms with Gasteiger partial charge in [0, 0.05) is 54.8 Å². The average Bonchev–Trinajstić information content (AvgIpc) is 2.87. The Morgan fingerprint density at radius 3 is 2.54 bits per heavy atom. The smallest absolute Gasteiger partial charge is 0.433 e. The van der Waals surface area contributed by atoms with Gasteiger partial charge in [0.25, 0.3) is 6.02 Å². The van der Waals surface area contributed by atoms with E-state index in [0.717, 1.165) is 37.6 Å². The lowest BCUT2D eigenvalue weighted by atomic mass is 10.0. The van der Waals surface area contributed by atoms with Crippen LogP contribution in [0.25, 0.3) is 0 Å². The minimum absolute atomic E-state index is 0.0798. The summed E-state index contributed by atoms with van der Waals surface area (Å²) >= 11 is 0. The number of hydrogen-bond donors (Lipinski definition) is 1. The van der Waals surface area contributed by atoms with Crippen molar-refractivity contribution in [3.05, 3.63) is 71.7 Å². The monoisotopic (exact) mass is 515 g/mol. The van der Waals surface area contributed by atoms with Crippen LogP contribution >= 0.6 is 0 Å². The highest BCUT2D eigenvalue weighted by molar-refractivity contribution is 5.94. The summed E-state index contributed by atoms with van der Waals surface area (Å²) in [5, 5.41) is 3.12. The summed E-state index contributed by atoms with van der Waals surface area (Å²) in [6.07, 6.45) is 2.96. The first-order valence-electron chi connectivity index (χ1n) is 12.1. The molecule has 1 fully saturated rings. The van der Waals surface area contributed by atoms with Gasteiger partial charge in [-0.15, -0.1) is 13.2 Å². The maximum absolute atomic E-state index is 12.9. The molecule has 8 nitrogen and oxygen atoms in total. The van der Waals surface area contributed by atoms with E-state index < -0.39 is 12.5 Å². The molecule has 5 rings (SSSR count). The molecule has 0 spiro atoms. The summed E-state index contributed by atoms with van der Waals surface area (Å²) < 4.78 is 48.5. The predicted molar refractivity (Wildman–Crippen MR) is 134 cm³/mol. The zero-order chi connectivity index (χ0) is 26.0. The zero-order valence-corrected chi connectivity index (χ0v) is 20.4. The Morgan fingerprint density at radius 1 is 1.08 bits per heavy atom. The van der Waals surface area contributed by atoms with Gasteiger partial charge in [-0.25, -0.2) is 4.99 Å². The van der Waals surface area contributed by atoms with E-state index in [1.54, 1.807) is 12.2 Å². The Hall–Kier alpha value is -3.73. The van der Waals surface area contributed by atoms with Gasteiger partial charge < -0.3 is 29.5 Å². The normalized spacial score (nSPS) is 22.4. The molecule has 4 aliphatic rings. The lowest BCUT2D eigenvalue weighted by Gasteiger charge is -2.35. The number of carbonyl (C=O) groups excluding carboxylic acids is 1. The second-order valence-electron chi connectivity index (χ2n) is 9.23. The van der Waals surface area contributed by atoms with Crippen LogP contribution in [0.2, 0.25) is 0 Å². The van der Waals surface area contributed by atoms with E-state index in [1.807, 2.05) is 24.3 Å². The molecule has 1 amide bonds. The van der Waals surface area contributed by atoms with Crippen LogP contribution in [0.4, 0.5) is 24.5 Å². The molecule has 196 valence electrons. The van der Waals surface area contributed by atoms with E-state index in [1.165, 1.54) is 23.3 Å². The Balaban J connectivity index is 1.29. The Kier molecular flexibility index (Phi) is 6.96. The number of aliphatic imine (C=N–C) groups is 1. The molecule has 1 aromatic carbocycles. The van der Waals surface area contributed by atoms with Crippen molar-refractivity contribution < 1.29 is 27.4 Å². The number of ether oxygens (including phenoxy) is 2. The van der Waals surface area contributed by atoms with Gasteiger partial charge in [-0.3, -0.25) is 4.79 Å². The molecule has 1 unspecified atom stereocenters. The molecule has 0 saturated carbocycles. The molecule has 0 radical (unpaired) electrons. The summed E-state index contributed by atoms with van der Waals surface area (Å²) in [4.78, 5) is 23.3. The highest BCUT2D eigenvalue weighted by Gasteiger charge is 2.36. The molecule has 1 aliphatic carbocycles. The topological polar surface area (TPSA) is 69.6 Å². The molecule has 1 atom stereocenters. The van der Waals surface area contributed by atoms with Crippen LogP contribution in [0.5, 0.6) is 0 Å². The Morgan fingerprint density at radius 2 is 1.81 bits per heavy atom. The van der Waals surface area contributed by atoms with Crippen molar-refractivity contribution in [3.8, 4) is 0 Å². The molecule has 1 N–H and O–H groups in total. The molecular formula is C26H28F3N5O3. The third-order valence-corrected chi connectivity index (χ3v) is 6.60. The van der Waals surface area contributed by atoms with Crippen molar-refractivity contribution in [2.24, 2.45) is 4.99 Å². The second kappa shape index (κ2) is 10.3. The summed E-state index contributed by atoms with van der Waals surface area (Å²) in [5.41, 5.74) is 2.81. The van der Waals surface area contributed by atoms with Crippen LogP contribution in [-0.4, -0.2) is 74.0 Å². The van der Waals surface area contributed by atoms with Crippen molar-refractivity contribution >= 4 is 23.3 Å².